The van der Waals surface area contributed by atoms with Gasteiger partial charge in [0.2, 0.25) is 17.7 Å². The van der Waals surface area contributed by atoms with E-state index in [4.69, 9.17) is 4.74 Å². The number of imide groups is 1. The van der Waals surface area contributed by atoms with Crippen LogP contribution in [0.4, 0.5) is 10.1 Å². The van der Waals surface area contributed by atoms with Gasteiger partial charge in [0.05, 0.1) is 25.5 Å². The second kappa shape index (κ2) is 7.13. The van der Waals surface area contributed by atoms with Crippen molar-refractivity contribution in [2.45, 2.75) is 32.0 Å². The predicted molar refractivity (Wildman–Crippen MR) is 114 cm³/mol. The van der Waals surface area contributed by atoms with E-state index >= 15 is 0 Å². The van der Waals surface area contributed by atoms with Crippen molar-refractivity contribution >= 4 is 23.4 Å². The highest BCUT2D eigenvalue weighted by Gasteiger charge is 2.70. The van der Waals surface area contributed by atoms with Gasteiger partial charge >= 0.3 is 0 Å². The zero-order valence-corrected chi connectivity index (χ0v) is 18.0. The third kappa shape index (κ3) is 2.72. The molecule has 0 saturated carbocycles. The Morgan fingerprint density at radius 1 is 1.09 bits per heavy atom. The van der Waals surface area contributed by atoms with Crippen LogP contribution < -0.4 is 15.4 Å². The summed E-state index contributed by atoms with van der Waals surface area (Å²) in [6.45, 7) is 3.99. The van der Waals surface area contributed by atoms with E-state index in [1.54, 1.807) is 31.4 Å². The molecular weight excluding hydrogens is 413 g/mol. The van der Waals surface area contributed by atoms with Gasteiger partial charge in [-0.3, -0.25) is 24.6 Å². The Balaban J connectivity index is 1.58. The largest absolute Gasteiger partial charge is 0.497 e. The molecule has 3 aliphatic heterocycles. The van der Waals surface area contributed by atoms with Crippen LogP contribution in [0, 0.1) is 23.6 Å². The highest BCUT2D eigenvalue weighted by Crippen LogP contribution is 2.54. The average Bonchev–Trinajstić information content (AvgIpc) is 3.36. The van der Waals surface area contributed by atoms with Gasteiger partial charge in [0, 0.05) is 17.3 Å². The summed E-state index contributed by atoms with van der Waals surface area (Å²) in [5, 5.41) is 6.08. The fraction of sp³-hybridized carbons (Fsp3) is 0.375. The number of carbonyl (C=O) groups is 3. The molecule has 0 bridgehead atoms. The Morgan fingerprint density at radius 2 is 1.81 bits per heavy atom. The normalized spacial score (nSPS) is 28.5. The first-order chi connectivity index (χ1) is 15.3. The number of hydrogen-bond acceptors (Lipinski definition) is 5. The van der Waals surface area contributed by atoms with Gasteiger partial charge in [0.25, 0.3) is 0 Å². The molecule has 2 N–H and O–H groups in total. The molecule has 3 aliphatic rings. The minimum absolute atomic E-state index is 0.0232. The Kier molecular flexibility index (Phi) is 4.60. The van der Waals surface area contributed by atoms with Crippen LogP contribution in [0.2, 0.25) is 0 Å². The standard InChI is InChI=1S/C24H24FN3O4/c1-12(2)20-18-19(24(27-20)16-10-14(25)6-9-17(16)26-23(24)31)22(30)28(21(18)29)11-13-4-7-15(32-3)8-5-13/h4-10,12,18-20,27H,11H2,1-3H3,(H,26,31)/t18-,19-,20?,24?/m1/s1. The maximum atomic E-state index is 14.2. The average molecular weight is 437 g/mol. The highest BCUT2D eigenvalue weighted by molar-refractivity contribution is 6.15. The maximum Gasteiger partial charge on any atom is 0.250 e. The van der Waals surface area contributed by atoms with Crippen molar-refractivity contribution in [3.63, 3.8) is 0 Å². The van der Waals surface area contributed by atoms with E-state index in [9.17, 15) is 18.8 Å². The summed E-state index contributed by atoms with van der Waals surface area (Å²) in [4.78, 5) is 41.7. The fourth-order valence-corrected chi connectivity index (χ4v) is 5.41. The first-order valence-electron chi connectivity index (χ1n) is 10.6. The third-order valence-electron chi connectivity index (χ3n) is 6.92. The summed E-state index contributed by atoms with van der Waals surface area (Å²) < 4.78 is 19.4. The Hall–Kier alpha value is -3.26. The van der Waals surface area contributed by atoms with E-state index in [1.165, 1.54) is 23.1 Å². The molecule has 32 heavy (non-hydrogen) atoms. The first-order valence-corrected chi connectivity index (χ1v) is 10.6. The number of rotatable bonds is 4. The minimum atomic E-state index is -1.47. The molecule has 7 nitrogen and oxygen atoms in total. The van der Waals surface area contributed by atoms with Crippen LogP contribution in [-0.4, -0.2) is 35.8 Å². The number of amides is 3. The molecule has 2 unspecified atom stereocenters. The number of likely N-dealkylation sites (tertiary alicyclic amines) is 1. The summed E-state index contributed by atoms with van der Waals surface area (Å²) in [5.41, 5.74) is 0.144. The van der Waals surface area contributed by atoms with Gasteiger partial charge in [-0.15, -0.1) is 0 Å². The Labute approximate surface area is 184 Å². The number of benzene rings is 2. The number of anilines is 1. The Morgan fingerprint density at radius 3 is 2.47 bits per heavy atom. The molecular formula is C24H24FN3O4. The van der Waals surface area contributed by atoms with Crippen LogP contribution in [0.1, 0.15) is 25.0 Å². The summed E-state index contributed by atoms with van der Waals surface area (Å²) in [7, 11) is 1.57. The smallest absolute Gasteiger partial charge is 0.250 e. The van der Waals surface area contributed by atoms with E-state index in [0.717, 1.165) is 5.56 Å². The van der Waals surface area contributed by atoms with Gasteiger partial charge in [0.15, 0.2) is 0 Å². The molecule has 0 aromatic heterocycles. The highest BCUT2D eigenvalue weighted by atomic mass is 19.1. The minimum Gasteiger partial charge on any atom is -0.497 e. The molecule has 0 radical (unpaired) electrons. The number of methoxy groups -OCH3 is 1. The topological polar surface area (TPSA) is 87.7 Å². The SMILES string of the molecule is COc1ccc(CN2C(=O)[C@H]3C(C(C)C)NC4(C(=O)Nc5ccc(F)cc54)[C@H]3C2=O)cc1. The monoisotopic (exact) mass is 437 g/mol. The Bertz CT molecular complexity index is 1130. The van der Waals surface area contributed by atoms with Crippen molar-refractivity contribution in [1.82, 2.24) is 10.2 Å². The zero-order valence-electron chi connectivity index (χ0n) is 18.0. The van der Waals surface area contributed by atoms with Crippen LogP contribution >= 0.6 is 0 Å². The lowest BCUT2D eigenvalue weighted by molar-refractivity contribution is -0.143. The van der Waals surface area contributed by atoms with Gasteiger partial charge in [-0.2, -0.15) is 0 Å². The second-order valence-electron chi connectivity index (χ2n) is 8.98. The molecule has 5 rings (SSSR count). The lowest BCUT2D eigenvalue weighted by Gasteiger charge is -2.30. The van der Waals surface area contributed by atoms with Crippen LogP contribution in [0.5, 0.6) is 5.75 Å². The van der Waals surface area contributed by atoms with Crippen molar-refractivity contribution in [1.29, 1.82) is 0 Å². The molecule has 166 valence electrons. The number of nitrogens with zero attached hydrogens (tertiary/aromatic N) is 1. The van der Waals surface area contributed by atoms with Crippen LogP contribution in [0.15, 0.2) is 42.5 Å². The molecule has 2 aromatic rings. The lowest BCUT2D eigenvalue weighted by atomic mass is 9.76. The summed E-state index contributed by atoms with van der Waals surface area (Å²) in [6.07, 6.45) is 0. The summed E-state index contributed by atoms with van der Waals surface area (Å²) >= 11 is 0. The molecule has 3 heterocycles. The first kappa shape index (κ1) is 20.6. The van der Waals surface area contributed by atoms with Crippen molar-refractivity contribution < 1.29 is 23.5 Å². The van der Waals surface area contributed by atoms with Crippen LogP contribution in [0.25, 0.3) is 0 Å². The molecule has 2 aromatic carbocycles. The van der Waals surface area contributed by atoms with Crippen molar-refractivity contribution in [3.05, 3.63) is 59.4 Å². The van der Waals surface area contributed by atoms with E-state index in [1.807, 2.05) is 13.8 Å². The molecule has 4 atom stereocenters. The van der Waals surface area contributed by atoms with E-state index in [2.05, 4.69) is 10.6 Å². The molecule has 0 aliphatic carbocycles. The van der Waals surface area contributed by atoms with Gasteiger partial charge < -0.3 is 10.1 Å². The summed E-state index contributed by atoms with van der Waals surface area (Å²) in [6, 6.07) is 10.8. The van der Waals surface area contributed by atoms with Crippen molar-refractivity contribution in [3.8, 4) is 5.75 Å². The van der Waals surface area contributed by atoms with Crippen molar-refractivity contribution in [2.75, 3.05) is 12.4 Å². The van der Waals surface area contributed by atoms with E-state index in [0.29, 0.717) is 17.0 Å². The number of ether oxygens (including phenoxy) is 1. The molecule has 1 spiro atoms. The van der Waals surface area contributed by atoms with Gasteiger partial charge in [-0.05, 0) is 41.8 Å². The molecule has 8 heteroatoms. The maximum absolute atomic E-state index is 14.2. The van der Waals surface area contributed by atoms with Gasteiger partial charge in [0.1, 0.15) is 17.1 Å². The number of halogens is 1. The molecule has 2 fully saturated rings. The van der Waals surface area contributed by atoms with E-state index in [-0.39, 0.29) is 18.4 Å². The lowest BCUT2D eigenvalue weighted by Crippen LogP contribution is -2.53. The predicted octanol–water partition coefficient (Wildman–Crippen LogP) is 2.41. The quantitative estimate of drug-likeness (QED) is 0.718. The van der Waals surface area contributed by atoms with Crippen LogP contribution in [0.3, 0.4) is 0 Å². The van der Waals surface area contributed by atoms with E-state index < -0.39 is 41.0 Å². The van der Waals surface area contributed by atoms with Gasteiger partial charge in [-0.1, -0.05) is 26.0 Å². The fourth-order valence-electron chi connectivity index (χ4n) is 5.41. The third-order valence-corrected chi connectivity index (χ3v) is 6.92. The number of hydrogen-bond donors (Lipinski definition) is 2. The van der Waals surface area contributed by atoms with Crippen LogP contribution in [-0.2, 0) is 26.5 Å². The zero-order chi connectivity index (χ0) is 22.8. The number of nitrogens with one attached hydrogen (secondary N) is 2. The van der Waals surface area contributed by atoms with Gasteiger partial charge in [-0.25, -0.2) is 4.39 Å². The number of fused-ring (bicyclic) bond motifs is 4. The molecule has 2 saturated heterocycles. The number of carbonyl (C=O) groups excluding carboxylic acids is 3. The van der Waals surface area contributed by atoms with Crippen molar-refractivity contribution in [2.24, 2.45) is 17.8 Å². The second-order valence-corrected chi connectivity index (χ2v) is 8.98. The molecule has 3 amide bonds. The summed E-state index contributed by atoms with van der Waals surface area (Å²) in [5.74, 6) is -2.65.